The highest BCUT2D eigenvalue weighted by molar-refractivity contribution is 7.00. The normalized spacial score (nSPS) is 16.3. The molecule has 0 saturated carbocycles. The Bertz CT molecular complexity index is 2920. The van der Waals surface area contributed by atoms with Gasteiger partial charge >= 0.3 is 0 Å². The second kappa shape index (κ2) is 13.3. The fourth-order valence-corrected chi connectivity index (χ4v) is 10.7. The molecule has 0 amide bonds. The molecule has 3 nitrogen and oxygen atoms in total. The maximum atomic E-state index is 7.29. The molecule has 0 spiro atoms. The summed E-state index contributed by atoms with van der Waals surface area (Å²) < 4.78 is 7.29. The van der Waals surface area contributed by atoms with Crippen LogP contribution in [0.5, 0.6) is 0 Å². The Morgan fingerprint density at radius 2 is 1.18 bits per heavy atom. The van der Waals surface area contributed by atoms with E-state index >= 15 is 0 Å². The number of rotatable bonds is 3. The molecule has 1 aromatic heterocycles. The van der Waals surface area contributed by atoms with Crippen molar-refractivity contribution >= 4 is 68.4 Å². The third kappa shape index (κ3) is 6.14. The molecular formula is C57H61BN2O. The Labute approximate surface area is 364 Å². The van der Waals surface area contributed by atoms with Gasteiger partial charge in [-0.25, -0.2) is 0 Å². The lowest BCUT2D eigenvalue weighted by atomic mass is 9.35. The number of hydrogen-bond donors (Lipinski definition) is 0. The summed E-state index contributed by atoms with van der Waals surface area (Å²) in [5, 5.41) is 1.15. The van der Waals surface area contributed by atoms with Gasteiger partial charge in [-0.1, -0.05) is 124 Å². The first kappa shape index (κ1) is 39.6. The van der Waals surface area contributed by atoms with Crippen molar-refractivity contribution < 1.29 is 4.42 Å². The van der Waals surface area contributed by atoms with E-state index in [9.17, 15) is 0 Å². The van der Waals surface area contributed by atoms with Gasteiger partial charge in [0.25, 0.3) is 6.71 Å². The zero-order valence-corrected chi connectivity index (χ0v) is 38.7. The lowest BCUT2D eigenvalue weighted by Crippen LogP contribution is -2.61. The van der Waals surface area contributed by atoms with Crippen molar-refractivity contribution in [2.45, 2.75) is 125 Å². The number of anilines is 6. The number of nitrogens with zero attached hydrogens (tertiary/aromatic N) is 2. The smallest absolute Gasteiger partial charge is 0.297 e. The van der Waals surface area contributed by atoms with E-state index in [0.29, 0.717) is 0 Å². The Balaban J connectivity index is 1.33. The molecule has 0 N–H and O–H groups in total. The molecule has 3 heterocycles. The van der Waals surface area contributed by atoms with Gasteiger partial charge in [-0.15, -0.1) is 0 Å². The van der Waals surface area contributed by atoms with Gasteiger partial charge < -0.3 is 14.2 Å². The maximum absolute atomic E-state index is 7.29. The first-order valence-electron chi connectivity index (χ1n) is 22.5. The Morgan fingerprint density at radius 3 is 1.82 bits per heavy atom. The Kier molecular flexibility index (Phi) is 8.62. The Hall–Kier alpha value is -5.48. The molecule has 6 aromatic carbocycles. The van der Waals surface area contributed by atoms with Crippen molar-refractivity contribution in [2.24, 2.45) is 0 Å². The van der Waals surface area contributed by atoms with Crippen molar-refractivity contribution in [2.75, 3.05) is 9.80 Å². The molecule has 0 fully saturated rings. The fourth-order valence-electron chi connectivity index (χ4n) is 10.7. The molecule has 1 aliphatic carbocycles. The molecule has 3 aliphatic rings. The number of hydrogen-bond acceptors (Lipinski definition) is 3. The first-order chi connectivity index (χ1) is 28.7. The molecule has 10 rings (SSSR count). The largest absolute Gasteiger partial charge is 0.468 e. The van der Waals surface area contributed by atoms with Crippen LogP contribution in [0.2, 0.25) is 0 Å². The van der Waals surface area contributed by atoms with Crippen LogP contribution in [0.15, 0.2) is 114 Å². The standard InChI is InChI=1S/C57H61BN2O/c1-34-26-48-51-49(27-34)60(46-23-22-37(28-36(46)3)41-19-15-14-18-35(41)2)47-33-44-43(56(10,11)24-25-57(44,12)13)32-45(47)58(51)53-52(42-20-16-17-21-50(42)61-53)59(48)40-30-38(54(4,5)6)29-39(31-40)55(7,8)9/h14-23,26-33H,24-25H2,1-13H3. The third-order valence-electron chi connectivity index (χ3n) is 14.5. The summed E-state index contributed by atoms with van der Waals surface area (Å²) in [5.74, 6) is 0. The van der Waals surface area contributed by atoms with Crippen LogP contribution >= 0.6 is 0 Å². The summed E-state index contributed by atoms with van der Waals surface area (Å²) in [6.45, 7) is 30.5. The van der Waals surface area contributed by atoms with Gasteiger partial charge in [0.2, 0.25) is 0 Å². The molecule has 0 radical (unpaired) electrons. The van der Waals surface area contributed by atoms with Gasteiger partial charge in [-0.05, 0) is 171 Å². The maximum Gasteiger partial charge on any atom is 0.297 e. The molecule has 0 atom stereocenters. The molecular weight excluding hydrogens is 739 g/mol. The summed E-state index contributed by atoms with van der Waals surface area (Å²) in [4.78, 5) is 5.18. The van der Waals surface area contributed by atoms with Crippen molar-refractivity contribution in [3.05, 3.63) is 148 Å². The third-order valence-corrected chi connectivity index (χ3v) is 14.5. The van der Waals surface area contributed by atoms with Crippen LogP contribution in [0.1, 0.15) is 121 Å². The zero-order valence-electron chi connectivity index (χ0n) is 38.7. The average Bonchev–Trinajstić information content (AvgIpc) is 3.58. The van der Waals surface area contributed by atoms with Crippen LogP contribution in [0.3, 0.4) is 0 Å². The predicted octanol–water partition coefficient (Wildman–Crippen LogP) is 14.1. The highest BCUT2D eigenvalue weighted by Gasteiger charge is 2.49. The summed E-state index contributed by atoms with van der Waals surface area (Å²) in [5.41, 5.74) is 23.8. The topological polar surface area (TPSA) is 19.6 Å². The van der Waals surface area contributed by atoms with E-state index in [-0.39, 0.29) is 28.4 Å². The van der Waals surface area contributed by atoms with E-state index in [1.165, 1.54) is 89.4 Å². The van der Waals surface area contributed by atoms with Crippen LogP contribution in [0.4, 0.5) is 34.1 Å². The van der Waals surface area contributed by atoms with Gasteiger partial charge in [-0.3, -0.25) is 0 Å². The minimum absolute atomic E-state index is 0.0420. The van der Waals surface area contributed by atoms with E-state index in [1.54, 1.807) is 0 Å². The van der Waals surface area contributed by atoms with Gasteiger partial charge in [-0.2, -0.15) is 0 Å². The molecule has 61 heavy (non-hydrogen) atoms. The minimum atomic E-state index is -0.0962. The summed E-state index contributed by atoms with van der Waals surface area (Å²) in [7, 11) is 0. The quantitative estimate of drug-likeness (QED) is 0.166. The zero-order chi connectivity index (χ0) is 43.1. The van der Waals surface area contributed by atoms with E-state index < -0.39 is 0 Å². The lowest BCUT2D eigenvalue weighted by molar-refractivity contribution is 0.332. The van der Waals surface area contributed by atoms with E-state index in [4.69, 9.17) is 4.42 Å². The number of fused-ring (bicyclic) bond motifs is 7. The second-order valence-electron chi connectivity index (χ2n) is 21.9. The first-order valence-corrected chi connectivity index (χ1v) is 22.5. The lowest BCUT2D eigenvalue weighted by Gasteiger charge is -2.47. The van der Waals surface area contributed by atoms with Crippen molar-refractivity contribution in [3.8, 4) is 11.1 Å². The minimum Gasteiger partial charge on any atom is -0.468 e. The molecule has 0 saturated heterocycles. The van der Waals surface area contributed by atoms with Crippen molar-refractivity contribution in [1.29, 1.82) is 0 Å². The Morgan fingerprint density at radius 1 is 0.574 bits per heavy atom. The molecule has 308 valence electrons. The van der Waals surface area contributed by atoms with E-state index in [1.807, 2.05) is 0 Å². The van der Waals surface area contributed by atoms with Crippen molar-refractivity contribution in [1.82, 2.24) is 0 Å². The molecule has 2 aliphatic heterocycles. The highest BCUT2D eigenvalue weighted by Crippen LogP contribution is 2.52. The van der Waals surface area contributed by atoms with Crippen molar-refractivity contribution in [3.63, 3.8) is 0 Å². The SMILES string of the molecule is Cc1cc2c3c(c1)N(c1cc(C(C)(C)C)cc(C(C)(C)C)c1)c1c(oc4ccccc14)B3c1cc3c(cc1N2c1ccc(-c2ccccc2C)cc1C)C(C)(C)CCC3(C)C. The molecule has 0 unspecified atom stereocenters. The number of aryl methyl sites for hydroxylation is 3. The molecule has 0 bridgehead atoms. The van der Waals surface area contributed by atoms with E-state index in [0.717, 1.165) is 35.2 Å². The van der Waals surface area contributed by atoms with Crippen LogP contribution in [0.25, 0.3) is 22.1 Å². The summed E-state index contributed by atoms with van der Waals surface area (Å²) in [6, 6.07) is 41.9. The fraction of sp³-hybridized carbons (Fsp3) is 0.333. The average molecular weight is 801 g/mol. The number of furan rings is 1. The van der Waals surface area contributed by atoms with Crippen LogP contribution < -0.4 is 26.4 Å². The highest BCUT2D eigenvalue weighted by atomic mass is 16.3. The van der Waals surface area contributed by atoms with E-state index in [2.05, 4.69) is 209 Å². The second-order valence-corrected chi connectivity index (χ2v) is 21.9. The summed E-state index contributed by atoms with van der Waals surface area (Å²) >= 11 is 0. The predicted molar refractivity (Wildman–Crippen MR) is 263 cm³/mol. The monoisotopic (exact) mass is 800 g/mol. The van der Waals surface area contributed by atoms with Gasteiger partial charge in [0.1, 0.15) is 5.58 Å². The molecule has 4 heteroatoms. The summed E-state index contributed by atoms with van der Waals surface area (Å²) in [6.07, 6.45) is 2.32. The van der Waals surface area contributed by atoms with Gasteiger partial charge in [0.05, 0.1) is 11.3 Å². The van der Waals surface area contributed by atoms with Crippen LogP contribution in [-0.2, 0) is 21.7 Å². The van der Waals surface area contributed by atoms with Crippen LogP contribution in [0, 0.1) is 20.8 Å². The van der Waals surface area contributed by atoms with Gasteiger partial charge in [0, 0.05) is 33.8 Å². The van der Waals surface area contributed by atoms with Crippen LogP contribution in [-0.4, -0.2) is 6.71 Å². The number of para-hydroxylation sites is 1. The molecule has 7 aromatic rings. The van der Waals surface area contributed by atoms with Gasteiger partial charge in [0.15, 0.2) is 0 Å². The number of benzene rings is 6.